The Morgan fingerprint density at radius 2 is 1.09 bits per heavy atom. The summed E-state index contributed by atoms with van der Waals surface area (Å²) in [6, 6.07) is 25.5. The van der Waals surface area contributed by atoms with Gasteiger partial charge in [-0.15, -0.1) is 0 Å². The van der Waals surface area contributed by atoms with Crippen LogP contribution in [0.5, 0.6) is 0 Å². The van der Waals surface area contributed by atoms with Crippen LogP contribution < -0.4 is 4.90 Å². The molecule has 1 heteroatoms. The van der Waals surface area contributed by atoms with Crippen molar-refractivity contribution in [2.24, 2.45) is 0 Å². The summed E-state index contributed by atoms with van der Waals surface area (Å²) in [6.45, 7) is 13.9. The summed E-state index contributed by atoms with van der Waals surface area (Å²) < 4.78 is 0. The molecule has 0 unspecified atom stereocenters. The summed E-state index contributed by atoms with van der Waals surface area (Å²) in [6.07, 6.45) is 5.87. The minimum Gasteiger partial charge on any atom is -0.310 e. The molecule has 0 aliphatic heterocycles. The van der Waals surface area contributed by atoms with E-state index < -0.39 is 0 Å². The van der Waals surface area contributed by atoms with Gasteiger partial charge in [0.15, 0.2) is 0 Å². The monoisotopic (exact) mass is 425 g/mol. The van der Waals surface area contributed by atoms with E-state index in [4.69, 9.17) is 0 Å². The van der Waals surface area contributed by atoms with E-state index in [-0.39, 0.29) is 10.8 Å². The number of fused-ring (bicyclic) bond motifs is 1. The Balaban J connectivity index is 1.76. The van der Waals surface area contributed by atoms with Gasteiger partial charge in [-0.1, -0.05) is 71.9 Å². The van der Waals surface area contributed by atoms with Gasteiger partial charge in [0.05, 0.1) is 0 Å². The van der Waals surface area contributed by atoms with Crippen LogP contribution in [0.15, 0.2) is 66.7 Å². The van der Waals surface area contributed by atoms with Crippen molar-refractivity contribution >= 4 is 17.1 Å². The molecule has 0 bridgehead atoms. The SMILES string of the molecule is CCC(C)(C)c1ccc(N(c2ccc(C(C)(CC)CC)cc2)c2ccc3c(c2)CC3)cc1. The van der Waals surface area contributed by atoms with Gasteiger partial charge in [-0.05, 0) is 102 Å². The third kappa shape index (κ3) is 4.10. The molecule has 1 aliphatic carbocycles. The van der Waals surface area contributed by atoms with Gasteiger partial charge in [-0.2, -0.15) is 0 Å². The lowest BCUT2D eigenvalue weighted by Crippen LogP contribution is -2.20. The minimum absolute atomic E-state index is 0.200. The van der Waals surface area contributed by atoms with Crippen LogP contribution in [0.2, 0.25) is 0 Å². The zero-order valence-corrected chi connectivity index (χ0v) is 20.8. The molecule has 0 amide bonds. The molecular weight excluding hydrogens is 386 g/mol. The zero-order valence-electron chi connectivity index (χ0n) is 20.8. The largest absolute Gasteiger partial charge is 0.310 e. The number of nitrogens with zero attached hydrogens (tertiary/aromatic N) is 1. The summed E-state index contributed by atoms with van der Waals surface area (Å²) in [5.74, 6) is 0. The van der Waals surface area contributed by atoms with Crippen LogP contribution in [-0.2, 0) is 23.7 Å². The molecule has 0 N–H and O–H groups in total. The second-order valence-corrected chi connectivity index (χ2v) is 10.4. The normalized spacial score (nSPS) is 13.4. The van der Waals surface area contributed by atoms with E-state index >= 15 is 0 Å². The van der Waals surface area contributed by atoms with Crippen molar-refractivity contribution in [3.8, 4) is 0 Å². The van der Waals surface area contributed by atoms with Gasteiger partial charge < -0.3 is 4.90 Å². The first-order valence-corrected chi connectivity index (χ1v) is 12.4. The maximum atomic E-state index is 2.42. The van der Waals surface area contributed by atoms with E-state index in [1.165, 1.54) is 52.2 Å². The second kappa shape index (κ2) is 8.77. The van der Waals surface area contributed by atoms with Crippen molar-refractivity contribution in [2.75, 3.05) is 4.90 Å². The lowest BCUT2D eigenvalue weighted by Gasteiger charge is -2.31. The molecule has 0 fully saturated rings. The smallest absolute Gasteiger partial charge is 0.0464 e. The first kappa shape index (κ1) is 22.6. The topological polar surface area (TPSA) is 3.24 Å². The fraction of sp³-hybridized carbons (Fsp3) is 0.419. The van der Waals surface area contributed by atoms with Crippen LogP contribution in [0.3, 0.4) is 0 Å². The molecule has 32 heavy (non-hydrogen) atoms. The summed E-state index contributed by atoms with van der Waals surface area (Å²) >= 11 is 0. The molecule has 1 aliphatic rings. The van der Waals surface area contributed by atoms with Gasteiger partial charge in [0, 0.05) is 17.1 Å². The highest BCUT2D eigenvalue weighted by Gasteiger charge is 2.24. The van der Waals surface area contributed by atoms with Crippen LogP contribution >= 0.6 is 0 Å². The minimum atomic E-state index is 0.200. The van der Waals surface area contributed by atoms with E-state index in [0.717, 1.165) is 19.3 Å². The molecule has 3 aromatic rings. The van der Waals surface area contributed by atoms with Gasteiger partial charge in [-0.3, -0.25) is 0 Å². The second-order valence-electron chi connectivity index (χ2n) is 10.4. The van der Waals surface area contributed by atoms with Crippen molar-refractivity contribution in [3.05, 3.63) is 89.0 Å². The third-order valence-corrected chi connectivity index (χ3v) is 8.29. The predicted octanol–water partition coefficient (Wildman–Crippen LogP) is 9.02. The molecule has 0 aromatic heterocycles. The Bertz CT molecular complexity index is 1050. The molecule has 0 radical (unpaired) electrons. The van der Waals surface area contributed by atoms with Crippen molar-refractivity contribution in [1.29, 1.82) is 0 Å². The fourth-order valence-corrected chi connectivity index (χ4v) is 4.70. The Labute approximate surface area is 195 Å². The number of anilines is 3. The average molecular weight is 426 g/mol. The van der Waals surface area contributed by atoms with Gasteiger partial charge in [0.25, 0.3) is 0 Å². The molecule has 0 spiro atoms. The molecule has 0 heterocycles. The molecule has 0 saturated heterocycles. The van der Waals surface area contributed by atoms with E-state index in [2.05, 4.69) is 113 Å². The molecule has 0 saturated carbocycles. The van der Waals surface area contributed by atoms with Crippen molar-refractivity contribution in [1.82, 2.24) is 0 Å². The third-order valence-electron chi connectivity index (χ3n) is 8.29. The number of hydrogen-bond donors (Lipinski definition) is 0. The summed E-state index contributed by atoms with van der Waals surface area (Å²) in [5, 5.41) is 0. The highest BCUT2D eigenvalue weighted by Crippen LogP contribution is 2.40. The zero-order chi connectivity index (χ0) is 22.9. The van der Waals surface area contributed by atoms with E-state index in [1.807, 2.05) is 0 Å². The van der Waals surface area contributed by atoms with Gasteiger partial charge in [0.2, 0.25) is 0 Å². The predicted molar refractivity (Wildman–Crippen MR) is 140 cm³/mol. The van der Waals surface area contributed by atoms with Crippen LogP contribution in [0, 0.1) is 0 Å². The lowest BCUT2D eigenvalue weighted by molar-refractivity contribution is 0.439. The van der Waals surface area contributed by atoms with Crippen molar-refractivity contribution in [2.45, 2.75) is 84.5 Å². The Hall–Kier alpha value is -2.54. The average Bonchev–Trinajstić information content (AvgIpc) is 2.81. The van der Waals surface area contributed by atoms with Gasteiger partial charge in [0.1, 0.15) is 0 Å². The van der Waals surface area contributed by atoms with Crippen molar-refractivity contribution < 1.29 is 0 Å². The number of hydrogen-bond acceptors (Lipinski definition) is 1. The maximum Gasteiger partial charge on any atom is 0.0464 e. The molecule has 1 nitrogen and oxygen atoms in total. The van der Waals surface area contributed by atoms with Crippen LogP contribution in [0.1, 0.15) is 83.1 Å². The van der Waals surface area contributed by atoms with Gasteiger partial charge in [-0.25, -0.2) is 0 Å². The van der Waals surface area contributed by atoms with Crippen LogP contribution in [0.4, 0.5) is 17.1 Å². The van der Waals surface area contributed by atoms with Crippen molar-refractivity contribution in [3.63, 3.8) is 0 Å². The molecular formula is C31H39N. The molecule has 0 atom stereocenters. The van der Waals surface area contributed by atoms with E-state index in [9.17, 15) is 0 Å². The fourth-order valence-electron chi connectivity index (χ4n) is 4.70. The summed E-state index contributed by atoms with van der Waals surface area (Å²) in [7, 11) is 0. The highest BCUT2D eigenvalue weighted by atomic mass is 15.1. The van der Waals surface area contributed by atoms with Crippen LogP contribution in [0.25, 0.3) is 0 Å². The summed E-state index contributed by atoms with van der Waals surface area (Å²) in [4.78, 5) is 2.42. The van der Waals surface area contributed by atoms with Crippen LogP contribution in [-0.4, -0.2) is 0 Å². The van der Waals surface area contributed by atoms with Gasteiger partial charge >= 0.3 is 0 Å². The quantitative estimate of drug-likeness (QED) is 0.348. The lowest BCUT2D eigenvalue weighted by atomic mass is 9.78. The Morgan fingerprint density at radius 1 is 0.594 bits per heavy atom. The number of rotatable bonds is 8. The standard InChI is InChI=1S/C31H39N/c1-7-30(4,5)25-13-18-27(19-14-25)32(29-17-12-23-10-11-24(23)22-29)28-20-15-26(16-21-28)31(6,8-2)9-3/h12-22H,7-11H2,1-6H3. The highest BCUT2D eigenvalue weighted by molar-refractivity contribution is 5.77. The molecule has 4 rings (SSSR count). The maximum absolute atomic E-state index is 2.42. The molecule has 168 valence electrons. The Morgan fingerprint density at radius 3 is 1.53 bits per heavy atom. The number of aryl methyl sites for hydroxylation is 2. The summed E-state index contributed by atoms with van der Waals surface area (Å²) in [5.41, 5.74) is 9.99. The first-order chi connectivity index (χ1) is 15.3. The first-order valence-electron chi connectivity index (χ1n) is 12.4. The molecule has 3 aromatic carbocycles. The Kier molecular flexibility index (Phi) is 6.21. The van der Waals surface area contributed by atoms with E-state index in [1.54, 1.807) is 0 Å². The van der Waals surface area contributed by atoms with E-state index in [0.29, 0.717) is 0 Å². The number of benzene rings is 3.